The fourth-order valence-electron chi connectivity index (χ4n) is 10.1. The fourth-order valence-corrected chi connectivity index (χ4v) is 13.1. The molecule has 0 saturated carbocycles. The normalized spacial score (nSPS) is 15.2. The van der Waals surface area contributed by atoms with Gasteiger partial charge in [0.05, 0.1) is 9.79 Å². The first-order valence-electron chi connectivity index (χ1n) is 29.3. The number of anilines is 2. The van der Waals surface area contributed by atoms with Crippen LogP contribution in [0.4, 0.5) is 21.2 Å². The van der Waals surface area contributed by atoms with Crippen LogP contribution < -0.4 is 73.8 Å². The van der Waals surface area contributed by atoms with Gasteiger partial charge in [0, 0.05) is 63.2 Å². The summed E-state index contributed by atoms with van der Waals surface area (Å²) in [6.07, 6.45) is -0.658. The van der Waals surface area contributed by atoms with Crippen LogP contribution in [0.5, 0.6) is 11.5 Å². The molecule has 30 nitrogen and oxygen atoms in total. The zero-order valence-corrected chi connectivity index (χ0v) is 55.9. The number of nitrogens with two attached hydrogens (primary N) is 4. The van der Waals surface area contributed by atoms with Gasteiger partial charge in [-0.15, -0.1) is 0 Å². The molecule has 16 N–H and O–H groups in total. The van der Waals surface area contributed by atoms with Crippen molar-refractivity contribution in [1.29, 1.82) is 0 Å². The number of fused-ring (bicyclic) bond motifs is 2. The third kappa shape index (κ3) is 19.3. The topological polar surface area (TPSA) is 458 Å². The van der Waals surface area contributed by atoms with Gasteiger partial charge in [0.15, 0.2) is 23.0 Å². The second kappa shape index (κ2) is 28.6. The molecule has 0 spiro atoms. The van der Waals surface area contributed by atoms with Gasteiger partial charge in [-0.2, -0.15) is 0 Å². The molecule has 2 aliphatic heterocycles. The van der Waals surface area contributed by atoms with Gasteiger partial charge in [-0.25, -0.2) is 45.8 Å². The first kappa shape index (κ1) is 72.3. The number of hydrogen-bond donors (Lipinski definition) is 12. The molecule has 32 heteroatoms. The lowest BCUT2D eigenvalue weighted by Gasteiger charge is -2.21. The summed E-state index contributed by atoms with van der Waals surface area (Å²) in [6.45, 7) is 27.4. The third-order valence-corrected chi connectivity index (χ3v) is 17.5. The molecule has 5 rings (SSSR count). The van der Waals surface area contributed by atoms with E-state index in [1.54, 1.807) is 83.1 Å². The van der Waals surface area contributed by atoms with Gasteiger partial charge < -0.3 is 73.8 Å². The lowest BCUT2D eigenvalue weighted by molar-refractivity contribution is -0.123. The molecule has 0 fully saturated rings. The van der Waals surface area contributed by atoms with Crippen molar-refractivity contribution in [2.75, 3.05) is 50.7 Å². The van der Waals surface area contributed by atoms with E-state index in [0.717, 1.165) is 11.1 Å². The second-order valence-electron chi connectivity index (χ2n) is 25.3. The molecule has 2 aliphatic rings. The van der Waals surface area contributed by atoms with Crippen LogP contribution in [0.25, 0.3) is 0 Å². The third-order valence-electron chi connectivity index (χ3n) is 14.3. The van der Waals surface area contributed by atoms with Crippen LogP contribution in [0.3, 0.4) is 0 Å². The van der Waals surface area contributed by atoms with Crippen molar-refractivity contribution < 1.29 is 64.6 Å². The number of aliphatic imine (C=N–C) groups is 2. The summed E-state index contributed by atoms with van der Waals surface area (Å²) in [4.78, 5) is 96.5. The minimum atomic E-state index is -4.25. The minimum Gasteiger partial charge on any atom is -0.487 e. The molecule has 2 unspecified atom stereocenters. The van der Waals surface area contributed by atoms with E-state index in [1.807, 2.05) is 27.7 Å². The summed E-state index contributed by atoms with van der Waals surface area (Å²) >= 11 is 0. The smallest absolute Gasteiger partial charge is 0.407 e. The zero-order valence-electron chi connectivity index (χ0n) is 54.3. The SMILES string of the molecule is Cc1c(C)c(S(=O)(=O)NC(N)=NCCCC(NC(=O)c2nc(N)c(C(=O)NC(CCCN=C(N)NS(=O)(=O)c3c(C)c(C)c4c(c3C)CC(C)(C)O4)C(=O)NCCNC(=O)OC(C)(C)C)nc2N)C(=O)NCCNC(=O)OC(C)(C)C)c(C)c2c1OC(C)(C)C2. The van der Waals surface area contributed by atoms with Crippen LogP contribution in [0.15, 0.2) is 19.8 Å². The highest BCUT2D eigenvalue weighted by Gasteiger charge is 2.39. The molecule has 0 saturated heterocycles. The quantitative estimate of drug-likeness (QED) is 0.0348. The Morgan fingerprint density at radius 2 is 0.867 bits per heavy atom. The van der Waals surface area contributed by atoms with Crippen LogP contribution in [0.1, 0.15) is 160 Å². The largest absolute Gasteiger partial charge is 0.487 e. The number of benzene rings is 2. The maximum absolute atomic E-state index is 13.9. The predicted octanol–water partition coefficient (Wildman–Crippen LogP) is 2.54. The first-order valence-corrected chi connectivity index (χ1v) is 32.2. The number of amides is 6. The molecule has 2 aromatic carbocycles. The summed E-state index contributed by atoms with van der Waals surface area (Å²) in [5.41, 5.74) is 25.8. The van der Waals surface area contributed by atoms with Gasteiger partial charge in [0.1, 0.15) is 46.0 Å². The van der Waals surface area contributed by atoms with E-state index >= 15 is 0 Å². The summed E-state index contributed by atoms with van der Waals surface area (Å²) in [6, 6.07) is -2.71. The number of nitrogen functional groups attached to an aromatic ring is 2. The van der Waals surface area contributed by atoms with Crippen LogP contribution >= 0.6 is 0 Å². The van der Waals surface area contributed by atoms with Crippen molar-refractivity contribution in [1.82, 2.24) is 51.3 Å². The average molecular weight is 1300 g/mol. The van der Waals surface area contributed by atoms with E-state index in [1.165, 1.54) is 0 Å². The number of rotatable bonds is 24. The summed E-state index contributed by atoms with van der Waals surface area (Å²) < 4.78 is 82.7. The number of guanidine groups is 2. The van der Waals surface area contributed by atoms with Crippen molar-refractivity contribution in [2.24, 2.45) is 21.5 Å². The minimum absolute atomic E-state index is 0.0411. The summed E-state index contributed by atoms with van der Waals surface area (Å²) in [5, 5.41) is 15.3. The van der Waals surface area contributed by atoms with Gasteiger partial charge in [-0.3, -0.25) is 29.2 Å². The molecule has 1 aromatic heterocycles. The Balaban J connectivity index is 1.30. The highest BCUT2D eigenvalue weighted by Crippen LogP contribution is 2.45. The molecule has 6 amide bonds. The van der Waals surface area contributed by atoms with Crippen molar-refractivity contribution in [3.63, 3.8) is 0 Å². The number of nitrogens with zero attached hydrogens (tertiary/aromatic N) is 4. The van der Waals surface area contributed by atoms with Crippen LogP contribution in [0, 0.1) is 41.5 Å². The van der Waals surface area contributed by atoms with E-state index in [4.69, 9.17) is 41.9 Å². The summed E-state index contributed by atoms with van der Waals surface area (Å²) in [7, 11) is -8.50. The highest BCUT2D eigenvalue weighted by molar-refractivity contribution is 7.90. The number of sulfonamides is 2. The van der Waals surface area contributed by atoms with Crippen molar-refractivity contribution in [3.8, 4) is 11.5 Å². The van der Waals surface area contributed by atoms with Crippen LogP contribution in [-0.2, 0) is 52.0 Å². The fraction of sp³-hybridized carbons (Fsp3) is 0.586. The monoisotopic (exact) mass is 1300 g/mol. The van der Waals surface area contributed by atoms with E-state index < -0.39 is 125 Å². The Hall–Kier alpha value is -8.42. The molecular weight excluding hydrogens is 1210 g/mol. The Kier molecular flexibility index (Phi) is 23.0. The Bertz CT molecular complexity index is 3350. The highest BCUT2D eigenvalue weighted by atomic mass is 32.2. The zero-order chi connectivity index (χ0) is 67.8. The predicted molar refractivity (Wildman–Crippen MR) is 338 cm³/mol. The maximum atomic E-state index is 13.9. The molecule has 0 aliphatic carbocycles. The molecule has 3 aromatic rings. The van der Waals surface area contributed by atoms with Gasteiger partial charge >= 0.3 is 12.2 Å². The van der Waals surface area contributed by atoms with Crippen LogP contribution in [-0.4, -0.2) is 148 Å². The molecule has 498 valence electrons. The molecule has 3 heterocycles. The van der Waals surface area contributed by atoms with Crippen molar-refractivity contribution in [2.45, 2.75) is 194 Å². The van der Waals surface area contributed by atoms with Crippen LogP contribution in [0.2, 0.25) is 0 Å². The number of ether oxygens (including phenoxy) is 4. The molecule has 2 atom stereocenters. The van der Waals surface area contributed by atoms with E-state index in [2.05, 4.69) is 61.3 Å². The molecule has 0 radical (unpaired) electrons. The number of aromatic nitrogens is 2. The Labute approximate surface area is 526 Å². The number of alkyl carbamates (subject to hydrolysis) is 2. The van der Waals surface area contributed by atoms with E-state index in [-0.39, 0.29) is 74.7 Å². The Morgan fingerprint density at radius 3 is 1.19 bits per heavy atom. The molecule has 0 bridgehead atoms. The lowest BCUT2D eigenvalue weighted by atomic mass is 9.94. The lowest BCUT2D eigenvalue weighted by Crippen LogP contribution is -2.49. The van der Waals surface area contributed by atoms with Crippen molar-refractivity contribution >= 4 is 79.4 Å². The number of carbonyl (C=O) groups excluding carboxylic acids is 6. The maximum Gasteiger partial charge on any atom is 0.407 e. The average Bonchev–Trinajstić information content (AvgIpc) is 1.50. The van der Waals surface area contributed by atoms with Gasteiger partial charge in [0.25, 0.3) is 31.9 Å². The van der Waals surface area contributed by atoms with Crippen molar-refractivity contribution in [3.05, 3.63) is 55.9 Å². The number of hydrogen-bond acceptors (Lipinski definition) is 20. The molecule has 90 heavy (non-hydrogen) atoms. The van der Waals surface area contributed by atoms with E-state index in [9.17, 15) is 45.6 Å². The van der Waals surface area contributed by atoms with Gasteiger partial charge in [0.2, 0.25) is 23.7 Å². The van der Waals surface area contributed by atoms with E-state index in [0.29, 0.717) is 57.7 Å². The second-order valence-corrected chi connectivity index (χ2v) is 28.6. The number of nitrogens with one attached hydrogen (secondary N) is 8. The van der Waals surface area contributed by atoms with Gasteiger partial charge in [-0.1, -0.05) is 0 Å². The standard InChI is InChI=1S/C58H90N16O14S2/c1-29-31(3)43(33(5)35-27-57(13,14)85-41(29)35)89(81,82)73-51(61)65-21-17-19-37(47(75)63-23-25-67-53(79)87-55(7,8)9)69-49(77)39-45(59)72-40(46(60)71-39)50(78)70-38(48(76)64-24-26-68-54(80)88-56(10,11)12)20-18-22-66-52(62)74-90(83,84)44-32(4)30(2)42-36(34(44)6)28-58(15,16)86-42/h37-38H,17-28H2,1-16H3,(H2,60,71)(H2,59,72)(H,63,75)(H,64,76)(H,67,79)(H,68,80)(H,69,77)(H,70,78)(H3,61,65,73)(H3,62,66,74). The molecular formula is C58H90N16O14S2. The first-order chi connectivity index (χ1) is 41.4. The Morgan fingerprint density at radius 1 is 0.544 bits per heavy atom. The number of carbonyl (C=O) groups is 6. The summed E-state index contributed by atoms with van der Waals surface area (Å²) in [5.74, 6) is -4.39. The van der Waals surface area contributed by atoms with Gasteiger partial charge in [-0.05, 0) is 170 Å².